The fourth-order valence-electron chi connectivity index (χ4n) is 2.41. The van der Waals surface area contributed by atoms with Crippen LogP contribution in [0.2, 0.25) is 0 Å². The van der Waals surface area contributed by atoms with Gasteiger partial charge in [0, 0.05) is 6.54 Å². The Kier molecular flexibility index (Phi) is 3.87. The summed E-state index contributed by atoms with van der Waals surface area (Å²) in [6, 6.07) is 7.96. The van der Waals surface area contributed by atoms with Crippen LogP contribution in [0.4, 0.5) is 0 Å². The summed E-state index contributed by atoms with van der Waals surface area (Å²) in [6.07, 6.45) is 6.08. The second-order valence-electron chi connectivity index (χ2n) is 4.93. The van der Waals surface area contributed by atoms with Crippen LogP contribution >= 0.6 is 0 Å². The summed E-state index contributed by atoms with van der Waals surface area (Å²) in [4.78, 5) is 0. The fourth-order valence-corrected chi connectivity index (χ4v) is 2.41. The smallest absolute Gasteiger partial charge is 0.165 e. The van der Waals surface area contributed by atoms with Crippen molar-refractivity contribution >= 4 is 0 Å². The molecule has 2 heterocycles. The van der Waals surface area contributed by atoms with E-state index in [1.54, 1.807) is 13.3 Å². The molecule has 5 heteroatoms. The highest BCUT2D eigenvalue weighted by molar-refractivity contribution is 5.34. The van der Waals surface area contributed by atoms with E-state index < -0.39 is 0 Å². The van der Waals surface area contributed by atoms with Crippen LogP contribution in [0, 0.1) is 0 Å². The molecule has 0 spiro atoms. The minimum Gasteiger partial charge on any atom is -0.497 e. The molecule has 1 aliphatic rings. The lowest BCUT2D eigenvalue weighted by molar-refractivity contribution is 0.345. The fraction of sp³-hybridized carbons (Fsp3) is 0.400. The Morgan fingerprint density at radius 3 is 2.70 bits per heavy atom. The molecule has 3 rings (SSSR count). The van der Waals surface area contributed by atoms with Gasteiger partial charge in [-0.05, 0) is 43.7 Å². The highest BCUT2D eigenvalue weighted by Crippen LogP contribution is 2.25. The SMILES string of the molecule is COc1ccc(Oc2cnn(C3CCCNC3)c2)cc1. The number of methoxy groups -OCH3 is 1. The third kappa shape index (κ3) is 2.93. The van der Waals surface area contributed by atoms with E-state index in [9.17, 15) is 0 Å². The molecule has 0 amide bonds. The van der Waals surface area contributed by atoms with Crippen LogP contribution in [0.15, 0.2) is 36.7 Å². The average Bonchev–Trinajstić information content (AvgIpc) is 2.97. The quantitative estimate of drug-likeness (QED) is 0.930. The van der Waals surface area contributed by atoms with Crippen molar-refractivity contribution in [2.24, 2.45) is 0 Å². The van der Waals surface area contributed by atoms with E-state index in [0.29, 0.717) is 6.04 Å². The molecule has 1 aromatic carbocycles. The Morgan fingerprint density at radius 2 is 2.00 bits per heavy atom. The predicted octanol–water partition coefficient (Wildman–Crippen LogP) is 2.61. The van der Waals surface area contributed by atoms with Crippen molar-refractivity contribution in [3.63, 3.8) is 0 Å². The number of hydrogen-bond acceptors (Lipinski definition) is 4. The van der Waals surface area contributed by atoms with Crippen LogP contribution in [0.3, 0.4) is 0 Å². The zero-order valence-corrected chi connectivity index (χ0v) is 11.6. The molecule has 1 unspecified atom stereocenters. The summed E-state index contributed by atoms with van der Waals surface area (Å²) < 4.78 is 12.9. The summed E-state index contributed by atoms with van der Waals surface area (Å²) in [6.45, 7) is 2.08. The maximum Gasteiger partial charge on any atom is 0.165 e. The zero-order chi connectivity index (χ0) is 13.8. The van der Waals surface area contributed by atoms with Crippen LogP contribution < -0.4 is 14.8 Å². The van der Waals surface area contributed by atoms with Gasteiger partial charge in [0.05, 0.1) is 25.5 Å². The van der Waals surface area contributed by atoms with E-state index in [1.165, 1.54) is 6.42 Å². The highest BCUT2D eigenvalue weighted by atomic mass is 16.5. The molecule has 1 fully saturated rings. The molecule has 5 nitrogen and oxygen atoms in total. The summed E-state index contributed by atoms with van der Waals surface area (Å²) in [5, 5.41) is 7.79. The molecule has 1 aliphatic heterocycles. The first-order valence-electron chi connectivity index (χ1n) is 6.92. The van der Waals surface area contributed by atoms with Gasteiger partial charge < -0.3 is 14.8 Å². The maximum atomic E-state index is 5.79. The summed E-state index contributed by atoms with van der Waals surface area (Å²) >= 11 is 0. The van der Waals surface area contributed by atoms with Crippen molar-refractivity contribution in [2.45, 2.75) is 18.9 Å². The molecule has 106 valence electrons. The Labute approximate surface area is 118 Å². The van der Waals surface area contributed by atoms with Crippen LogP contribution in [-0.2, 0) is 0 Å². The van der Waals surface area contributed by atoms with Gasteiger partial charge >= 0.3 is 0 Å². The van der Waals surface area contributed by atoms with Crippen LogP contribution in [0.25, 0.3) is 0 Å². The molecular formula is C15H19N3O2. The van der Waals surface area contributed by atoms with E-state index in [0.717, 1.165) is 36.8 Å². The lowest BCUT2D eigenvalue weighted by Gasteiger charge is -2.22. The number of rotatable bonds is 4. The molecular weight excluding hydrogens is 254 g/mol. The summed E-state index contributed by atoms with van der Waals surface area (Å²) in [5.74, 6) is 2.37. The lowest BCUT2D eigenvalue weighted by Crippen LogP contribution is -2.31. The van der Waals surface area contributed by atoms with Gasteiger partial charge in [-0.15, -0.1) is 0 Å². The second-order valence-corrected chi connectivity index (χ2v) is 4.93. The topological polar surface area (TPSA) is 48.3 Å². The van der Waals surface area contributed by atoms with Gasteiger partial charge in [0.1, 0.15) is 11.5 Å². The van der Waals surface area contributed by atoms with Crippen molar-refractivity contribution in [3.05, 3.63) is 36.7 Å². The number of benzene rings is 1. The van der Waals surface area contributed by atoms with Crippen LogP contribution in [-0.4, -0.2) is 30.0 Å². The summed E-state index contributed by atoms with van der Waals surface area (Å²) in [5.41, 5.74) is 0. The van der Waals surface area contributed by atoms with E-state index in [1.807, 2.05) is 35.1 Å². The average molecular weight is 273 g/mol. The Hall–Kier alpha value is -2.01. The van der Waals surface area contributed by atoms with E-state index in [-0.39, 0.29) is 0 Å². The first-order valence-corrected chi connectivity index (χ1v) is 6.92. The molecule has 0 aliphatic carbocycles. The second kappa shape index (κ2) is 5.96. The lowest BCUT2D eigenvalue weighted by atomic mass is 10.1. The molecule has 1 N–H and O–H groups in total. The van der Waals surface area contributed by atoms with Gasteiger partial charge in [-0.2, -0.15) is 5.10 Å². The van der Waals surface area contributed by atoms with Crippen molar-refractivity contribution in [1.29, 1.82) is 0 Å². The molecule has 20 heavy (non-hydrogen) atoms. The first kappa shape index (κ1) is 13.0. The van der Waals surface area contributed by atoms with E-state index >= 15 is 0 Å². The van der Waals surface area contributed by atoms with Gasteiger partial charge in [0.25, 0.3) is 0 Å². The first-order chi connectivity index (χ1) is 9.85. The van der Waals surface area contributed by atoms with Crippen LogP contribution in [0.1, 0.15) is 18.9 Å². The molecule has 0 bridgehead atoms. The van der Waals surface area contributed by atoms with Crippen LogP contribution in [0.5, 0.6) is 17.2 Å². The normalized spacial score (nSPS) is 18.8. The van der Waals surface area contributed by atoms with Crippen molar-refractivity contribution in [1.82, 2.24) is 15.1 Å². The predicted molar refractivity (Wildman–Crippen MR) is 76.4 cm³/mol. The standard InChI is InChI=1S/C15H19N3O2/c1-19-13-4-6-14(7-5-13)20-15-10-17-18(11-15)12-3-2-8-16-9-12/h4-7,10-12,16H,2-3,8-9H2,1H3. The molecule has 0 radical (unpaired) electrons. The van der Waals surface area contributed by atoms with Gasteiger partial charge in [0.15, 0.2) is 5.75 Å². The van der Waals surface area contributed by atoms with Crippen molar-refractivity contribution in [3.8, 4) is 17.2 Å². The Bertz CT molecular complexity index is 545. The molecule has 1 atom stereocenters. The Morgan fingerprint density at radius 1 is 1.20 bits per heavy atom. The number of hydrogen-bond donors (Lipinski definition) is 1. The van der Waals surface area contributed by atoms with Gasteiger partial charge in [-0.3, -0.25) is 4.68 Å². The zero-order valence-electron chi connectivity index (χ0n) is 11.6. The van der Waals surface area contributed by atoms with Crippen molar-refractivity contribution in [2.75, 3.05) is 20.2 Å². The monoisotopic (exact) mass is 273 g/mol. The minimum atomic E-state index is 0.428. The number of aromatic nitrogens is 2. The summed E-state index contributed by atoms with van der Waals surface area (Å²) in [7, 11) is 1.65. The number of nitrogens with one attached hydrogen (secondary N) is 1. The molecule has 1 aromatic heterocycles. The van der Waals surface area contributed by atoms with Gasteiger partial charge in [-0.1, -0.05) is 0 Å². The minimum absolute atomic E-state index is 0.428. The van der Waals surface area contributed by atoms with Crippen molar-refractivity contribution < 1.29 is 9.47 Å². The molecule has 2 aromatic rings. The largest absolute Gasteiger partial charge is 0.497 e. The third-order valence-corrected chi connectivity index (χ3v) is 3.52. The molecule has 0 saturated carbocycles. The molecule has 1 saturated heterocycles. The number of piperidine rings is 1. The highest BCUT2D eigenvalue weighted by Gasteiger charge is 2.16. The number of ether oxygens (including phenoxy) is 2. The van der Waals surface area contributed by atoms with E-state index in [2.05, 4.69) is 10.4 Å². The van der Waals surface area contributed by atoms with E-state index in [4.69, 9.17) is 9.47 Å². The third-order valence-electron chi connectivity index (χ3n) is 3.52. The Balaban J connectivity index is 1.66. The van der Waals surface area contributed by atoms with Gasteiger partial charge in [0.2, 0.25) is 0 Å². The number of nitrogens with zero attached hydrogens (tertiary/aromatic N) is 2. The maximum absolute atomic E-state index is 5.79. The van der Waals surface area contributed by atoms with Gasteiger partial charge in [-0.25, -0.2) is 0 Å².